The summed E-state index contributed by atoms with van der Waals surface area (Å²) in [6.07, 6.45) is 6.10. The normalized spacial score (nSPS) is 21.0. The van der Waals surface area contributed by atoms with E-state index in [4.69, 9.17) is 14.2 Å². The van der Waals surface area contributed by atoms with E-state index < -0.39 is 5.97 Å². The number of hydrogen-bond donors (Lipinski definition) is 1. The van der Waals surface area contributed by atoms with Crippen molar-refractivity contribution >= 4 is 35.4 Å². The van der Waals surface area contributed by atoms with Crippen molar-refractivity contribution < 1.29 is 23.8 Å². The molecule has 1 fully saturated rings. The highest BCUT2D eigenvalue weighted by Gasteiger charge is 2.28. The first kappa shape index (κ1) is 26.5. The van der Waals surface area contributed by atoms with Gasteiger partial charge in [-0.15, -0.1) is 11.3 Å². The predicted molar refractivity (Wildman–Crippen MR) is 136 cm³/mol. The van der Waals surface area contributed by atoms with E-state index in [-0.39, 0.29) is 30.7 Å². The number of esters is 1. The largest absolute Gasteiger partial charge is 0.497 e. The van der Waals surface area contributed by atoms with Crippen molar-refractivity contribution in [1.82, 2.24) is 9.88 Å². The number of benzene rings is 1. The molecule has 0 bridgehead atoms. The number of carbonyl (C=O) groups is 2. The van der Waals surface area contributed by atoms with E-state index in [0.29, 0.717) is 38.1 Å². The zero-order valence-electron chi connectivity index (χ0n) is 21.0. The SMILES string of the molecule is CCOC(=O)/C=c1\s/c(=C/c2ccc(OC)cc2OC)c(=O)n1CC(=O)N[C@@H]1CCC[C@H](C)[C@H]1C. The van der Waals surface area contributed by atoms with Gasteiger partial charge in [-0.3, -0.25) is 14.2 Å². The van der Waals surface area contributed by atoms with Crippen LogP contribution in [0.15, 0.2) is 23.0 Å². The van der Waals surface area contributed by atoms with Crippen LogP contribution in [0.1, 0.15) is 45.6 Å². The van der Waals surface area contributed by atoms with Crippen LogP contribution in [0.4, 0.5) is 0 Å². The lowest BCUT2D eigenvalue weighted by molar-refractivity contribution is -0.135. The number of aromatic nitrogens is 1. The summed E-state index contributed by atoms with van der Waals surface area (Å²) in [4.78, 5) is 38.4. The molecule has 9 heteroatoms. The highest BCUT2D eigenvalue weighted by Crippen LogP contribution is 2.29. The molecule has 3 rings (SSSR count). The van der Waals surface area contributed by atoms with Gasteiger partial charge in [0.1, 0.15) is 22.7 Å². The van der Waals surface area contributed by atoms with Crippen molar-refractivity contribution in [2.75, 3.05) is 20.8 Å². The van der Waals surface area contributed by atoms with Crippen LogP contribution in [0.25, 0.3) is 12.2 Å². The first-order valence-electron chi connectivity index (χ1n) is 11.9. The molecule has 0 aliphatic heterocycles. The standard InChI is InChI=1S/C26H34N2O6S/c1-6-34-25(30)14-24-28(15-23(29)27-20-9-7-8-16(2)17(20)3)26(31)22(35-24)12-18-10-11-19(32-4)13-21(18)33-5/h10-14,16-17,20H,6-9,15H2,1-5H3,(H,27,29)/b22-12+,24-14-/t16-,17+,20+/m0/s1. The Hall–Kier alpha value is -3.07. The molecule has 190 valence electrons. The Bertz CT molecular complexity index is 1230. The summed E-state index contributed by atoms with van der Waals surface area (Å²) in [5.41, 5.74) is 0.319. The number of ether oxygens (including phenoxy) is 3. The summed E-state index contributed by atoms with van der Waals surface area (Å²) >= 11 is 1.13. The fraction of sp³-hybridized carbons (Fsp3) is 0.500. The van der Waals surface area contributed by atoms with E-state index in [0.717, 1.165) is 30.6 Å². The average molecular weight is 503 g/mol. The van der Waals surface area contributed by atoms with Gasteiger partial charge in [-0.25, -0.2) is 4.79 Å². The fourth-order valence-corrected chi connectivity index (χ4v) is 5.36. The van der Waals surface area contributed by atoms with Gasteiger partial charge < -0.3 is 19.5 Å². The number of amides is 1. The van der Waals surface area contributed by atoms with E-state index in [1.54, 1.807) is 38.3 Å². The number of nitrogens with zero attached hydrogens (tertiary/aromatic N) is 1. The number of rotatable bonds is 8. The van der Waals surface area contributed by atoms with Gasteiger partial charge in [0, 0.05) is 17.7 Å². The van der Waals surface area contributed by atoms with Crippen LogP contribution in [-0.4, -0.2) is 43.3 Å². The van der Waals surface area contributed by atoms with Gasteiger partial charge in [-0.05, 0) is 43.4 Å². The monoisotopic (exact) mass is 502 g/mol. The summed E-state index contributed by atoms with van der Waals surface area (Å²) in [5, 5.41) is 3.10. The lowest BCUT2D eigenvalue weighted by Gasteiger charge is -2.34. The number of methoxy groups -OCH3 is 2. The molecule has 8 nitrogen and oxygen atoms in total. The molecule has 0 saturated heterocycles. The average Bonchev–Trinajstić information content (AvgIpc) is 3.11. The van der Waals surface area contributed by atoms with E-state index in [9.17, 15) is 14.4 Å². The summed E-state index contributed by atoms with van der Waals surface area (Å²) in [7, 11) is 3.10. The molecule has 1 aromatic heterocycles. The minimum absolute atomic E-state index is 0.0765. The van der Waals surface area contributed by atoms with Gasteiger partial charge in [-0.2, -0.15) is 0 Å². The number of nitrogens with one attached hydrogen (secondary N) is 1. The molecule has 1 amide bonds. The summed E-state index contributed by atoms with van der Waals surface area (Å²) < 4.78 is 17.8. The molecule has 35 heavy (non-hydrogen) atoms. The Morgan fingerprint density at radius 1 is 1.20 bits per heavy atom. The fourth-order valence-electron chi connectivity index (χ4n) is 4.34. The molecule has 0 spiro atoms. The Kier molecular flexibility index (Phi) is 9.14. The van der Waals surface area contributed by atoms with Crippen LogP contribution in [0.2, 0.25) is 0 Å². The third-order valence-electron chi connectivity index (χ3n) is 6.55. The Morgan fingerprint density at radius 3 is 2.66 bits per heavy atom. The lowest BCUT2D eigenvalue weighted by Crippen LogP contribution is -2.46. The molecule has 2 aromatic rings. The first-order chi connectivity index (χ1) is 16.8. The van der Waals surface area contributed by atoms with Crippen LogP contribution in [-0.2, 0) is 20.9 Å². The topological polar surface area (TPSA) is 95.9 Å². The molecular formula is C26H34N2O6S. The zero-order valence-corrected chi connectivity index (χ0v) is 21.8. The molecular weight excluding hydrogens is 468 g/mol. The number of hydrogen-bond acceptors (Lipinski definition) is 7. The predicted octanol–water partition coefficient (Wildman–Crippen LogP) is 2.04. The Labute approximate surface area is 209 Å². The molecule has 0 radical (unpaired) electrons. The maximum absolute atomic E-state index is 13.3. The molecule has 1 aromatic carbocycles. The number of thiazole rings is 1. The van der Waals surface area contributed by atoms with Gasteiger partial charge in [0.05, 0.1) is 31.4 Å². The number of carbonyl (C=O) groups excluding carboxylic acids is 2. The second-order valence-corrected chi connectivity index (χ2v) is 9.85. The first-order valence-corrected chi connectivity index (χ1v) is 12.7. The van der Waals surface area contributed by atoms with Crippen molar-refractivity contribution in [3.8, 4) is 11.5 Å². The second-order valence-electron chi connectivity index (χ2n) is 8.79. The van der Waals surface area contributed by atoms with Crippen LogP contribution < -0.4 is 29.5 Å². The Morgan fingerprint density at radius 2 is 1.97 bits per heavy atom. The smallest absolute Gasteiger partial charge is 0.333 e. The van der Waals surface area contributed by atoms with E-state index in [1.165, 1.54) is 17.8 Å². The molecule has 0 unspecified atom stereocenters. The van der Waals surface area contributed by atoms with Crippen molar-refractivity contribution in [2.45, 2.75) is 52.6 Å². The van der Waals surface area contributed by atoms with Gasteiger partial charge in [-0.1, -0.05) is 26.7 Å². The third kappa shape index (κ3) is 6.54. The zero-order chi connectivity index (χ0) is 25.5. The summed E-state index contributed by atoms with van der Waals surface area (Å²) in [6.45, 7) is 6.11. The maximum Gasteiger partial charge on any atom is 0.333 e. The second kappa shape index (κ2) is 12.1. The highest BCUT2D eigenvalue weighted by atomic mass is 32.1. The Balaban J connectivity index is 1.99. The van der Waals surface area contributed by atoms with Crippen molar-refractivity contribution in [3.63, 3.8) is 0 Å². The van der Waals surface area contributed by atoms with E-state index in [1.807, 2.05) is 0 Å². The van der Waals surface area contributed by atoms with Crippen LogP contribution in [0.5, 0.6) is 11.5 Å². The van der Waals surface area contributed by atoms with Gasteiger partial charge in [0.2, 0.25) is 5.91 Å². The molecule has 1 N–H and O–H groups in total. The quantitative estimate of drug-likeness (QED) is 0.555. The molecule has 1 saturated carbocycles. The van der Waals surface area contributed by atoms with Crippen LogP contribution in [0, 0.1) is 11.8 Å². The minimum atomic E-state index is -0.564. The van der Waals surface area contributed by atoms with Gasteiger partial charge >= 0.3 is 5.97 Å². The van der Waals surface area contributed by atoms with Gasteiger partial charge in [0.25, 0.3) is 5.56 Å². The van der Waals surface area contributed by atoms with E-state index >= 15 is 0 Å². The third-order valence-corrected chi connectivity index (χ3v) is 7.61. The van der Waals surface area contributed by atoms with Crippen molar-refractivity contribution in [2.24, 2.45) is 11.8 Å². The minimum Gasteiger partial charge on any atom is -0.497 e. The maximum atomic E-state index is 13.3. The highest BCUT2D eigenvalue weighted by molar-refractivity contribution is 7.07. The molecule has 1 aliphatic carbocycles. The molecule has 3 atom stereocenters. The molecule has 1 aliphatic rings. The molecule has 1 heterocycles. The van der Waals surface area contributed by atoms with Crippen LogP contribution >= 0.6 is 11.3 Å². The van der Waals surface area contributed by atoms with Gasteiger partial charge in [0.15, 0.2) is 0 Å². The summed E-state index contributed by atoms with van der Waals surface area (Å²) in [5.74, 6) is 1.25. The summed E-state index contributed by atoms with van der Waals surface area (Å²) in [6, 6.07) is 5.36. The van der Waals surface area contributed by atoms with E-state index in [2.05, 4.69) is 19.2 Å². The van der Waals surface area contributed by atoms with Crippen molar-refractivity contribution in [3.05, 3.63) is 43.3 Å². The van der Waals surface area contributed by atoms with Crippen molar-refractivity contribution in [1.29, 1.82) is 0 Å². The van der Waals surface area contributed by atoms with Crippen LogP contribution in [0.3, 0.4) is 0 Å². The lowest BCUT2D eigenvalue weighted by atomic mass is 9.78.